The average Bonchev–Trinajstić information content (AvgIpc) is 3.04. The Labute approximate surface area is 137 Å². The van der Waals surface area contributed by atoms with Gasteiger partial charge in [-0.25, -0.2) is 0 Å². The van der Waals surface area contributed by atoms with Gasteiger partial charge in [0.25, 0.3) is 0 Å². The molecule has 0 bridgehead atoms. The van der Waals surface area contributed by atoms with Gasteiger partial charge in [0.05, 0.1) is 13.5 Å². The van der Waals surface area contributed by atoms with Gasteiger partial charge in [-0.15, -0.1) is 0 Å². The number of likely N-dealkylation sites (tertiary alicyclic amines) is 1. The summed E-state index contributed by atoms with van der Waals surface area (Å²) in [5, 5.41) is 0. The standard InChI is InChI=1S/C20H23NO2/c1-23-19-11-5-9-17(14-19)15-20(22)21-12-6-10-18(21)13-16-7-3-2-4-8-16/h2-5,7-9,11,14,18H,6,10,12-13,15H2,1H3. The minimum atomic E-state index is 0.219. The molecule has 0 spiro atoms. The number of carbonyl (C=O) groups excluding carboxylic acids is 1. The third-order valence-electron chi connectivity index (χ3n) is 4.50. The molecule has 3 heteroatoms. The van der Waals surface area contributed by atoms with Crippen molar-refractivity contribution in [3.8, 4) is 5.75 Å². The molecule has 0 N–H and O–H groups in total. The molecule has 0 radical (unpaired) electrons. The number of amides is 1. The summed E-state index contributed by atoms with van der Waals surface area (Å²) in [7, 11) is 1.65. The van der Waals surface area contributed by atoms with Crippen molar-refractivity contribution in [2.75, 3.05) is 13.7 Å². The van der Waals surface area contributed by atoms with E-state index in [-0.39, 0.29) is 5.91 Å². The first-order valence-corrected chi connectivity index (χ1v) is 8.22. The van der Waals surface area contributed by atoms with Crippen molar-refractivity contribution in [1.29, 1.82) is 0 Å². The zero-order valence-corrected chi connectivity index (χ0v) is 13.6. The van der Waals surface area contributed by atoms with Crippen LogP contribution in [0.3, 0.4) is 0 Å². The quantitative estimate of drug-likeness (QED) is 0.846. The van der Waals surface area contributed by atoms with Crippen LogP contribution in [0.1, 0.15) is 24.0 Å². The van der Waals surface area contributed by atoms with E-state index >= 15 is 0 Å². The number of carbonyl (C=O) groups is 1. The SMILES string of the molecule is COc1cccc(CC(=O)N2CCCC2Cc2ccccc2)c1. The molecule has 1 aliphatic heterocycles. The predicted octanol–water partition coefficient (Wildman–Crippen LogP) is 3.47. The second-order valence-corrected chi connectivity index (χ2v) is 6.10. The van der Waals surface area contributed by atoms with Crippen molar-refractivity contribution < 1.29 is 9.53 Å². The number of hydrogen-bond donors (Lipinski definition) is 0. The van der Waals surface area contributed by atoms with Gasteiger partial charge in [0.15, 0.2) is 0 Å². The molecule has 120 valence electrons. The van der Waals surface area contributed by atoms with Crippen LogP contribution in [-0.4, -0.2) is 30.5 Å². The maximum atomic E-state index is 12.7. The van der Waals surface area contributed by atoms with Gasteiger partial charge < -0.3 is 9.64 Å². The van der Waals surface area contributed by atoms with E-state index in [0.717, 1.165) is 37.1 Å². The topological polar surface area (TPSA) is 29.5 Å². The van der Waals surface area contributed by atoms with E-state index in [1.165, 1.54) is 5.56 Å². The number of ether oxygens (including phenoxy) is 1. The van der Waals surface area contributed by atoms with Crippen molar-refractivity contribution in [2.24, 2.45) is 0 Å². The highest BCUT2D eigenvalue weighted by Crippen LogP contribution is 2.23. The van der Waals surface area contributed by atoms with Crippen LogP contribution in [0.2, 0.25) is 0 Å². The van der Waals surface area contributed by atoms with Crippen LogP contribution in [0.4, 0.5) is 0 Å². The minimum absolute atomic E-state index is 0.219. The molecule has 0 aromatic heterocycles. The monoisotopic (exact) mass is 309 g/mol. The molecule has 0 aliphatic carbocycles. The molecule has 3 rings (SSSR count). The maximum absolute atomic E-state index is 12.7. The van der Waals surface area contributed by atoms with Crippen molar-refractivity contribution >= 4 is 5.91 Å². The summed E-state index contributed by atoms with van der Waals surface area (Å²) in [5.41, 5.74) is 2.32. The third kappa shape index (κ3) is 3.92. The highest BCUT2D eigenvalue weighted by atomic mass is 16.5. The minimum Gasteiger partial charge on any atom is -0.497 e. The molecule has 1 unspecified atom stereocenters. The average molecular weight is 309 g/mol. The molecule has 1 fully saturated rings. The molecular weight excluding hydrogens is 286 g/mol. The Morgan fingerprint density at radius 3 is 2.70 bits per heavy atom. The van der Waals surface area contributed by atoms with E-state index in [2.05, 4.69) is 29.2 Å². The Balaban J connectivity index is 1.65. The summed E-state index contributed by atoms with van der Waals surface area (Å²) >= 11 is 0. The van der Waals surface area contributed by atoms with Crippen molar-refractivity contribution in [3.05, 3.63) is 65.7 Å². The van der Waals surface area contributed by atoms with E-state index in [9.17, 15) is 4.79 Å². The van der Waals surface area contributed by atoms with E-state index in [4.69, 9.17) is 4.74 Å². The van der Waals surface area contributed by atoms with Crippen LogP contribution in [-0.2, 0) is 17.6 Å². The lowest BCUT2D eigenvalue weighted by molar-refractivity contribution is -0.131. The van der Waals surface area contributed by atoms with Gasteiger partial charge >= 0.3 is 0 Å². The fourth-order valence-electron chi connectivity index (χ4n) is 3.32. The van der Waals surface area contributed by atoms with Gasteiger partial charge in [-0.2, -0.15) is 0 Å². The Kier molecular flexibility index (Phi) is 4.96. The highest BCUT2D eigenvalue weighted by Gasteiger charge is 2.28. The highest BCUT2D eigenvalue weighted by molar-refractivity contribution is 5.79. The van der Waals surface area contributed by atoms with Crippen LogP contribution in [0.15, 0.2) is 54.6 Å². The maximum Gasteiger partial charge on any atom is 0.227 e. The first-order chi connectivity index (χ1) is 11.3. The van der Waals surface area contributed by atoms with Crippen LogP contribution < -0.4 is 4.74 Å². The van der Waals surface area contributed by atoms with Crippen LogP contribution in [0, 0.1) is 0 Å². The Hall–Kier alpha value is -2.29. The van der Waals surface area contributed by atoms with Gasteiger partial charge in [-0.3, -0.25) is 4.79 Å². The molecule has 1 heterocycles. The van der Waals surface area contributed by atoms with Gasteiger partial charge in [0, 0.05) is 12.6 Å². The molecule has 3 nitrogen and oxygen atoms in total. The van der Waals surface area contributed by atoms with Crippen molar-refractivity contribution in [1.82, 2.24) is 4.90 Å². The number of hydrogen-bond acceptors (Lipinski definition) is 2. The second kappa shape index (κ2) is 7.32. The molecule has 2 aromatic carbocycles. The summed E-state index contributed by atoms with van der Waals surface area (Å²) in [6.07, 6.45) is 3.59. The predicted molar refractivity (Wildman–Crippen MR) is 91.6 cm³/mol. The fraction of sp³-hybridized carbons (Fsp3) is 0.350. The van der Waals surface area contributed by atoms with E-state index in [1.54, 1.807) is 7.11 Å². The van der Waals surface area contributed by atoms with E-state index < -0.39 is 0 Å². The summed E-state index contributed by atoms with van der Waals surface area (Å²) < 4.78 is 5.24. The molecule has 1 atom stereocenters. The molecule has 2 aromatic rings. The molecule has 1 aliphatic rings. The van der Waals surface area contributed by atoms with Gasteiger partial charge in [-0.1, -0.05) is 42.5 Å². The molecule has 0 saturated carbocycles. The lowest BCUT2D eigenvalue weighted by atomic mass is 10.0. The Morgan fingerprint density at radius 2 is 1.91 bits per heavy atom. The lowest BCUT2D eigenvalue weighted by Crippen LogP contribution is -2.37. The summed E-state index contributed by atoms with van der Waals surface area (Å²) in [6.45, 7) is 0.875. The van der Waals surface area contributed by atoms with E-state index in [0.29, 0.717) is 12.5 Å². The molecule has 23 heavy (non-hydrogen) atoms. The number of rotatable bonds is 5. The van der Waals surface area contributed by atoms with Crippen molar-refractivity contribution in [2.45, 2.75) is 31.7 Å². The first kappa shape index (κ1) is 15.6. The van der Waals surface area contributed by atoms with Gasteiger partial charge in [-0.05, 0) is 42.5 Å². The Bertz CT molecular complexity index is 654. The third-order valence-corrected chi connectivity index (χ3v) is 4.50. The van der Waals surface area contributed by atoms with E-state index in [1.807, 2.05) is 30.3 Å². The molecular formula is C20H23NO2. The zero-order chi connectivity index (χ0) is 16.1. The Morgan fingerprint density at radius 1 is 1.13 bits per heavy atom. The first-order valence-electron chi connectivity index (χ1n) is 8.22. The number of nitrogens with zero attached hydrogens (tertiary/aromatic N) is 1. The summed E-state index contributed by atoms with van der Waals surface area (Å²) in [4.78, 5) is 14.8. The normalized spacial score (nSPS) is 17.3. The zero-order valence-electron chi connectivity index (χ0n) is 13.6. The second-order valence-electron chi connectivity index (χ2n) is 6.10. The summed E-state index contributed by atoms with van der Waals surface area (Å²) in [6, 6.07) is 18.5. The van der Waals surface area contributed by atoms with Crippen LogP contribution in [0.25, 0.3) is 0 Å². The molecule has 1 amide bonds. The molecule has 1 saturated heterocycles. The number of methoxy groups -OCH3 is 1. The van der Waals surface area contributed by atoms with Gasteiger partial charge in [0.1, 0.15) is 5.75 Å². The lowest BCUT2D eigenvalue weighted by Gasteiger charge is -2.25. The largest absolute Gasteiger partial charge is 0.497 e. The smallest absolute Gasteiger partial charge is 0.227 e. The summed E-state index contributed by atoms with van der Waals surface area (Å²) in [5.74, 6) is 1.02. The fourth-order valence-corrected chi connectivity index (χ4v) is 3.32. The van der Waals surface area contributed by atoms with Crippen LogP contribution >= 0.6 is 0 Å². The van der Waals surface area contributed by atoms with Crippen LogP contribution in [0.5, 0.6) is 5.75 Å². The van der Waals surface area contributed by atoms with Crippen molar-refractivity contribution in [3.63, 3.8) is 0 Å². The van der Waals surface area contributed by atoms with Gasteiger partial charge in [0.2, 0.25) is 5.91 Å². The number of benzene rings is 2.